The summed E-state index contributed by atoms with van der Waals surface area (Å²) < 4.78 is 0. The molecule has 2 unspecified atom stereocenters. The van der Waals surface area contributed by atoms with Crippen molar-refractivity contribution in [1.82, 2.24) is 10.3 Å². The second kappa shape index (κ2) is 3.82. The zero-order chi connectivity index (χ0) is 11.0. The monoisotopic (exact) mass is 218 g/mol. The van der Waals surface area contributed by atoms with Gasteiger partial charge in [0.25, 0.3) is 0 Å². The van der Waals surface area contributed by atoms with Crippen LogP contribution in [0.5, 0.6) is 0 Å². The third kappa shape index (κ3) is 1.85. The van der Waals surface area contributed by atoms with Gasteiger partial charge in [-0.3, -0.25) is 4.98 Å². The van der Waals surface area contributed by atoms with E-state index in [2.05, 4.69) is 10.3 Å². The number of fused-ring (bicyclic) bond motifs is 1. The number of hydrogen-bond acceptors (Lipinski definition) is 3. The maximum atomic E-state index is 10.6. The van der Waals surface area contributed by atoms with E-state index in [1.165, 1.54) is 0 Å². The Balaban J connectivity index is 1.71. The molecule has 1 aromatic heterocycles. The minimum absolute atomic E-state index is 0.508. The molecule has 16 heavy (non-hydrogen) atoms. The Bertz CT molecular complexity index is 353. The van der Waals surface area contributed by atoms with Gasteiger partial charge in [0.2, 0.25) is 0 Å². The van der Waals surface area contributed by atoms with Crippen molar-refractivity contribution >= 4 is 0 Å². The molecule has 1 aliphatic carbocycles. The highest BCUT2D eigenvalue weighted by Crippen LogP contribution is 2.42. The molecule has 0 radical (unpaired) electrons. The summed E-state index contributed by atoms with van der Waals surface area (Å²) in [5.41, 5.74) is 0.504. The lowest BCUT2D eigenvalue weighted by molar-refractivity contribution is 0.0389. The lowest BCUT2D eigenvalue weighted by Crippen LogP contribution is -2.31. The lowest BCUT2D eigenvalue weighted by atomic mass is 9.94. The molecule has 0 aromatic carbocycles. The van der Waals surface area contributed by atoms with E-state index in [0.29, 0.717) is 18.3 Å². The third-order valence-corrected chi connectivity index (χ3v) is 4.00. The number of hydrogen-bond donors (Lipinski definition) is 2. The molecule has 3 rings (SSSR count). The Morgan fingerprint density at radius 2 is 2.06 bits per heavy atom. The molecule has 1 aromatic rings. The lowest BCUT2D eigenvalue weighted by Gasteiger charge is -2.23. The summed E-state index contributed by atoms with van der Waals surface area (Å²) in [5, 5.41) is 14.0. The average Bonchev–Trinajstić information content (AvgIpc) is 2.77. The van der Waals surface area contributed by atoms with Crippen LogP contribution in [0.15, 0.2) is 24.4 Å². The van der Waals surface area contributed by atoms with Crippen molar-refractivity contribution in [2.75, 3.05) is 13.1 Å². The molecule has 2 heterocycles. The number of rotatable bonds is 2. The molecule has 0 bridgehead atoms. The van der Waals surface area contributed by atoms with Gasteiger partial charge in [-0.1, -0.05) is 6.07 Å². The Labute approximate surface area is 95.9 Å². The van der Waals surface area contributed by atoms with Gasteiger partial charge in [0.1, 0.15) is 0 Å². The second-order valence-corrected chi connectivity index (χ2v) is 5.31. The summed E-state index contributed by atoms with van der Waals surface area (Å²) in [5.74, 6) is 1.35. The van der Waals surface area contributed by atoms with Crippen LogP contribution in [0.1, 0.15) is 18.5 Å². The topological polar surface area (TPSA) is 45.2 Å². The number of pyridine rings is 1. The Morgan fingerprint density at radius 1 is 1.31 bits per heavy atom. The number of nitrogens with one attached hydrogen (secondary N) is 1. The normalized spacial score (nSPS) is 37.6. The molecule has 3 nitrogen and oxygen atoms in total. The van der Waals surface area contributed by atoms with Crippen molar-refractivity contribution in [2.24, 2.45) is 11.8 Å². The van der Waals surface area contributed by atoms with Crippen LogP contribution in [0.2, 0.25) is 0 Å². The van der Waals surface area contributed by atoms with E-state index in [1.807, 2.05) is 18.2 Å². The third-order valence-electron chi connectivity index (χ3n) is 4.00. The fourth-order valence-electron chi connectivity index (χ4n) is 3.31. The summed E-state index contributed by atoms with van der Waals surface area (Å²) in [6.45, 7) is 2.16. The van der Waals surface area contributed by atoms with Crippen molar-refractivity contribution in [3.05, 3.63) is 30.1 Å². The fourth-order valence-corrected chi connectivity index (χ4v) is 3.31. The van der Waals surface area contributed by atoms with Crippen molar-refractivity contribution in [1.29, 1.82) is 0 Å². The number of nitrogens with zero attached hydrogens (tertiary/aromatic N) is 1. The van der Waals surface area contributed by atoms with Gasteiger partial charge in [-0.05, 0) is 49.9 Å². The molecule has 0 spiro atoms. The Hall–Kier alpha value is -0.930. The van der Waals surface area contributed by atoms with Crippen LogP contribution < -0.4 is 5.32 Å². The maximum absolute atomic E-state index is 10.6. The van der Waals surface area contributed by atoms with Crippen LogP contribution in [0, 0.1) is 11.8 Å². The largest absolute Gasteiger partial charge is 0.389 e. The molecular formula is C13H18N2O. The van der Waals surface area contributed by atoms with Gasteiger partial charge in [0.15, 0.2) is 0 Å². The highest BCUT2D eigenvalue weighted by atomic mass is 16.3. The van der Waals surface area contributed by atoms with Gasteiger partial charge >= 0.3 is 0 Å². The van der Waals surface area contributed by atoms with Crippen LogP contribution >= 0.6 is 0 Å². The number of aromatic nitrogens is 1. The highest BCUT2D eigenvalue weighted by Gasteiger charge is 2.45. The molecule has 2 atom stereocenters. The van der Waals surface area contributed by atoms with E-state index in [1.54, 1.807) is 6.20 Å². The molecule has 2 fully saturated rings. The molecule has 2 N–H and O–H groups in total. The first-order valence-corrected chi connectivity index (χ1v) is 6.08. The van der Waals surface area contributed by atoms with E-state index in [0.717, 1.165) is 31.6 Å². The minimum atomic E-state index is -0.508. The van der Waals surface area contributed by atoms with Crippen molar-refractivity contribution < 1.29 is 5.11 Å². The molecule has 0 amide bonds. The van der Waals surface area contributed by atoms with Crippen LogP contribution in [-0.2, 0) is 6.42 Å². The molecule has 2 aliphatic rings. The van der Waals surface area contributed by atoms with Crippen LogP contribution in [0.4, 0.5) is 0 Å². The van der Waals surface area contributed by atoms with Gasteiger partial charge in [0.05, 0.1) is 5.60 Å². The quantitative estimate of drug-likeness (QED) is 0.778. The smallest absolute Gasteiger partial charge is 0.0709 e. The van der Waals surface area contributed by atoms with E-state index in [9.17, 15) is 5.11 Å². The van der Waals surface area contributed by atoms with E-state index in [-0.39, 0.29) is 0 Å². The van der Waals surface area contributed by atoms with Gasteiger partial charge < -0.3 is 10.4 Å². The van der Waals surface area contributed by atoms with Crippen LogP contribution in [0.25, 0.3) is 0 Å². The summed E-state index contributed by atoms with van der Waals surface area (Å²) >= 11 is 0. The first kappa shape index (κ1) is 10.2. The van der Waals surface area contributed by atoms with E-state index >= 15 is 0 Å². The van der Waals surface area contributed by atoms with Gasteiger partial charge in [-0.2, -0.15) is 0 Å². The Morgan fingerprint density at radius 3 is 2.69 bits per heavy atom. The van der Waals surface area contributed by atoms with Gasteiger partial charge in [0, 0.05) is 18.3 Å². The van der Waals surface area contributed by atoms with E-state index in [4.69, 9.17) is 0 Å². The van der Waals surface area contributed by atoms with Crippen LogP contribution in [-0.4, -0.2) is 28.8 Å². The molecular weight excluding hydrogens is 200 g/mol. The summed E-state index contributed by atoms with van der Waals surface area (Å²) in [7, 11) is 0. The van der Waals surface area contributed by atoms with Crippen molar-refractivity contribution in [3.63, 3.8) is 0 Å². The molecule has 3 heteroatoms. The average molecular weight is 218 g/mol. The predicted octanol–water partition coefficient (Wildman–Crippen LogP) is 0.985. The van der Waals surface area contributed by atoms with Crippen LogP contribution in [0.3, 0.4) is 0 Å². The fraction of sp³-hybridized carbons (Fsp3) is 0.615. The zero-order valence-corrected chi connectivity index (χ0v) is 9.39. The van der Waals surface area contributed by atoms with Gasteiger partial charge in [-0.15, -0.1) is 0 Å². The summed E-state index contributed by atoms with van der Waals surface area (Å²) in [6.07, 6.45) is 4.37. The van der Waals surface area contributed by atoms with Crippen molar-refractivity contribution in [3.8, 4) is 0 Å². The minimum Gasteiger partial charge on any atom is -0.389 e. The first-order chi connectivity index (χ1) is 7.75. The van der Waals surface area contributed by atoms with Gasteiger partial charge in [-0.25, -0.2) is 0 Å². The van der Waals surface area contributed by atoms with E-state index < -0.39 is 5.60 Å². The summed E-state index contributed by atoms with van der Waals surface area (Å²) in [4.78, 5) is 4.31. The standard InChI is InChI=1S/C13H18N2O/c16-13(7-12-3-1-2-4-15-12)5-10-8-14-9-11(10)6-13/h1-4,10-11,14,16H,5-9H2. The molecule has 86 valence electrons. The number of aliphatic hydroxyl groups is 1. The maximum Gasteiger partial charge on any atom is 0.0709 e. The SMILES string of the molecule is OC1(Cc2ccccn2)CC2CNCC2C1. The second-order valence-electron chi connectivity index (χ2n) is 5.31. The highest BCUT2D eigenvalue weighted by molar-refractivity contribution is 5.10. The summed E-state index contributed by atoms with van der Waals surface area (Å²) in [6, 6.07) is 5.91. The zero-order valence-electron chi connectivity index (χ0n) is 9.39. The molecule has 1 aliphatic heterocycles. The first-order valence-electron chi connectivity index (χ1n) is 6.08. The molecule has 1 saturated carbocycles. The van der Waals surface area contributed by atoms with Crippen molar-refractivity contribution in [2.45, 2.75) is 24.9 Å². The predicted molar refractivity (Wildman–Crippen MR) is 62.0 cm³/mol. The molecule has 1 saturated heterocycles. The Kier molecular flexibility index (Phi) is 2.45.